The Bertz CT molecular complexity index is 982. The zero-order valence-corrected chi connectivity index (χ0v) is 17.1. The summed E-state index contributed by atoms with van der Waals surface area (Å²) < 4.78 is 24.3. The van der Waals surface area contributed by atoms with Gasteiger partial charge < -0.3 is 14.5 Å². The van der Waals surface area contributed by atoms with E-state index in [0.29, 0.717) is 36.1 Å². The molecule has 0 aliphatic carbocycles. The number of morpholine rings is 1. The second kappa shape index (κ2) is 9.43. The van der Waals surface area contributed by atoms with Crippen LogP contribution in [0.3, 0.4) is 0 Å². The highest BCUT2D eigenvalue weighted by molar-refractivity contribution is 6.30. The van der Waals surface area contributed by atoms with Crippen molar-refractivity contribution < 1.29 is 18.3 Å². The van der Waals surface area contributed by atoms with Gasteiger partial charge in [-0.05, 0) is 54.1 Å². The largest absolute Gasteiger partial charge is 0.451 e. The van der Waals surface area contributed by atoms with Gasteiger partial charge in [-0.15, -0.1) is 0 Å². The van der Waals surface area contributed by atoms with Crippen LogP contribution in [0.4, 0.5) is 4.39 Å². The van der Waals surface area contributed by atoms with Crippen LogP contribution in [0.2, 0.25) is 5.02 Å². The van der Waals surface area contributed by atoms with E-state index in [1.807, 2.05) is 24.3 Å². The third kappa shape index (κ3) is 4.90. The lowest BCUT2D eigenvalue weighted by Gasteiger charge is -2.34. The number of halogens is 2. The number of hydrogen-bond acceptors (Lipinski definition) is 4. The average Bonchev–Trinajstić information content (AvgIpc) is 3.27. The van der Waals surface area contributed by atoms with Crippen molar-refractivity contribution in [3.63, 3.8) is 0 Å². The molecule has 1 atom stereocenters. The molecule has 1 aliphatic rings. The average molecular weight is 429 g/mol. The predicted molar refractivity (Wildman–Crippen MR) is 113 cm³/mol. The Balaban J connectivity index is 1.45. The lowest BCUT2D eigenvalue weighted by Crippen LogP contribution is -2.43. The van der Waals surface area contributed by atoms with Crippen molar-refractivity contribution >= 4 is 17.5 Å². The second-order valence-corrected chi connectivity index (χ2v) is 7.53. The van der Waals surface area contributed by atoms with E-state index in [0.717, 1.165) is 18.7 Å². The summed E-state index contributed by atoms with van der Waals surface area (Å²) in [5, 5.41) is 3.65. The lowest BCUT2D eigenvalue weighted by molar-refractivity contribution is 0.0161. The van der Waals surface area contributed by atoms with Gasteiger partial charge in [0, 0.05) is 30.2 Å². The molecule has 1 fully saturated rings. The number of ether oxygens (including phenoxy) is 1. The molecule has 1 aliphatic heterocycles. The highest BCUT2D eigenvalue weighted by Crippen LogP contribution is 2.25. The highest BCUT2D eigenvalue weighted by Gasteiger charge is 2.24. The van der Waals surface area contributed by atoms with Crippen molar-refractivity contribution in [1.29, 1.82) is 0 Å². The van der Waals surface area contributed by atoms with Gasteiger partial charge in [0.2, 0.25) is 0 Å². The number of hydrogen-bond donors (Lipinski definition) is 1. The standard InChI is InChI=1S/C23H22ClFN2O3/c24-18-5-1-16(2-6-18)20(27-11-13-29-14-12-27)15-26-23(28)22-10-9-21(30-22)17-3-7-19(25)8-4-17/h1-10,20H,11-15H2,(H,26,28). The zero-order valence-electron chi connectivity index (χ0n) is 16.3. The third-order valence-electron chi connectivity index (χ3n) is 5.16. The fraction of sp³-hybridized carbons (Fsp3) is 0.261. The van der Waals surface area contributed by atoms with Crippen molar-refractivity contribution in [1.82, 2.24) is 10.2 Å². The summed E-state index contributed by atoms with van der Waals surface area (Å²) >= 11 is 6.03. The summed E-state index contributed by atoms with van der Waals surface area (Å²) in [4.78, 5) is 15.0. The molecule has 1 aromatic heterocycles. The van der Waals surface area contributed by atoms with Crippen LogP contribution in [0.25, 0.3) is 11.3 Å². The Morgan fingerprint density at radius 2 is 1.73 bits per heavy atom. The zero-order chi connectivity index (χ0) is 20.9. The van der Waals surface area contributed by atoms with Crippen LogP contribution >= 0.6 is 11.6 Å². The highest BCUT2D eigenvalue weighted by atomic mass is 35.5. The van der Waals surface area contributed by atoms with Crippen LogP contribution < -0.4 is 5.32 Å². The normalized spacial score (nSPS) is 15.7. The van der Waals surface area contributed by atoms with Gasteiger partial charge in [0.25, 0.3) is 5.91 Å². The summed E-state index contributed by atoms with van der Waals surface area (Å²) in [6, 6.07) is 17.0. The fourth-order valence-electron chi connectivity index (χ4n) is 3.54. The Kier molecular flexibility index (Phi) is 6.47. The molecule has 1 N–H and O–H groups in total. The first kappa shape index (κ1) is 20.6. The number of nitrogens with zero attached hydrogens (tertiary/aromatic N) is 1. The third-order valence-corrected chi connectivity index (χ3v) is 5.41. The molecule has 5 nitrogen and oxygen atoms in total. The van der Waals surface area contributed by atoms with Crippen molar-refractivity contribution in [2.24, 2.45) is 0 Å². The molecule has 30 heavy (non-hydrogen) atoms. The molecule has 1 saturated heterocycles. The molecule has 0 spiro atoms. The molecule has 3 aromatic rings. The van der Waals surface area contributed by atoms with Crippen LogP contribution in [0.1, 0.15) is 22.2 Å². The van der Waals surface area contributed by atoms with Gasteiger partial charge in [-0.3, -0.25) is 9.69 Å². The SMILES string of the molecule is O=C(NCC(c1ccc(Cl)cc1)N1CCOCC1)c1ccc(-c2ccc(F)cc2)o1. The fourth-order valence-corrected chi connectivity index (χ4v) is 3.66. The van der Waals surface area contributed by atoms with Crippen molar-refractivity contribution in [3.05, 3.63) is 82.8 Å². The van der Waals surface area contributed by atoms with Gasteiger partial charge in [-0.1, -0.05) is 23.7 Å². The van der Waals surface area contributed by atoms with E-state index in [-0.39, 0.29) is 23.5 Å². The molecule has 0 radical (unpaired) electrons. The van der Waals surface area contributed by atoms with E-state index in [2.05, 4.69) is 10.2 Å². The van der Waals surface area contributed by atoms with Crippen LogP contribution in [0.15, 0.2) is 65.1 Å². The molecule has 0 saturated carbocycles. The number of benzene rings is 2. The van der Waals surface area contributed by atoms with Gasteiger partial charge in [-0.2, -0.15) is 0 Å². The monoisotopic (exact) mass is 428 g/mol. The summed E-state index contributed by atoms with van der Waals surface area (Å²) in [5.41, 5.74) is 1.79. The Labute approximate surface area is 179 Å². The quantitative estimate of drug-likeness (QED) is 0.626. The van der Waals surface area contributed by atoms with Crippen molar-refractivity contribution in [2.45, 2.75) is 6.04 Å². The Hall–Kier alpha value is -2.67. The van der Waals surface area contributed by atoms with Crippen LogP contribution in [-0.2, 0) is 4.74 Å². The molecule has 7 heteroatoms. The molecule has 2 heterocycles. The van der Waals surface area contributed by atoms with E-state index in [9.17, 15) is 9.18 Å². The number of carbonyl (C=O) groups is 1. The first-order valence-corrected chi connectivity index (χ1v) is 10.2. The van der Waals surface area contributed by atoms with E-state index in [1.165, 1.54) is 12.1 Å². The maximum absolute atomic E-state index is 13.1. The maximum atomic E-state index is 13.1. The number of carbonyl (C=O) groups excluding carboxylic acids is 1. The number of rotatable bonds is 6. The second-order valence-electron chi connectivity index (χ2n) is 7.10. The minimum atomic E-state index is -0.320. The van der Waals surface area contributed by atoms with Gasteiger partial charge in [-0.25, -0.2) is 4.39 Å². The molecule has 0 bridgehead atoms. The number of nitrogens with one attached hydrogen (secondary N) is 1. The predicted octanol–water partition coefficient (Wildman–Crippen LogP) is 4.54. The van der Waals surface area contributed by atoms with Gasteiger partial charge >= 0.3 is 0 Å². The van der Waals surface area contributed by atoms with Gasteiger partial charge in [0.1, 0.15) is 11.6 Å². The first-order valence-electron chi connectivity index (χ1n) is 9.81. The van der Waals surface area contributed by atoms with E-state index in [4.69, 9.17) is 20.8 Å². The minimum absolute atomic E-state index is 0.00153. The summed E-state index contributed by atoms with van der Waals surface area (Å²) in [6.45, 7) is 3.33. The molecule has 2 aromatic carbocycles. The van der Waals surface area contributed by atoms with E-state index < -0.39 is 0 Å². The molecular weight excluding hydrogens is 407 g/mol. The molecule has 4 rings (SSSR count). The van der Waals surface area contributed by atoms with Crippen molar-refractivity contribution in [3.8, 4) is 11.3 Å². The Morgan fingerprint density at radius 1 is 1.03 bits per heavy atom. The number of amides is 1. The Morgan fingerprint density at radius 3 is 2.43 bits per heavy atom. The lowest BCUT2D eigenvalue weighted by atomic mass is 10.0. The molecular formula is C23H22ClFN2O3. The van der Waals surface area contributed by atoms with E-state index in [1.54, 1.807) is 24.3 Å². The van der Waals surface area contributed by atoms with Crippen molar-refractivity contribution in [2.75, 3.05) is 32.8 Å². The van der Waals surface area contributed by atoms with Gasteiger partial charge in [0.05, 0.1) is 19.3 Å². The smallest absolute Gasteiger partial charge is 0.287 e. The molecule has 1 unspecified atom stereocenters. The number of furan rings is 1. The van der Waals surface area contributed by atoms with Gasteiger partial charge in [0.15, 0.2) is 5.76 Å². The minimum Gasteiger partial charge on any atom is -0.451 e. The topological polar surface area (TPSA) is 54.7 Å². The van der Waals surface area contributed by atoms with Crippen LogP contribution in [0.5, 0.6) is 0 Å². The summed E-state index contributed by atoms with van der Waals surface area (Å²) in [5.74, 6) is 0.115. The molecule has 1 amide bonds. The summed E-state index contributed by atoms with van der Waals surface area (Å²) in [6.07, 6.45) is 0. The summed E-state index contributed by atoms with van der Waals surface area (Å²) in [7, 11) is 0. The van der Waals surface area contributed by atoms with Crippen LogP contribution in [0, 0.1) is 5.82 Å². The first-order chi connectivity index (χ1) is 14.6. The van der Waals surface area contributed by atoms with E-state index >= 15 is 0 Å². The van der Waals surface area contributed by atoms with Crippen LogP contribution in [-0.4, -0.2) is 43.7 Å². The maximum Gasteiger partial charge on any atom is 0.287 e. The molecule has 156 valence electrons.